The molecule has 4 nitrogen and oxygen atoms in total. The van der Waals surface area contributed by atoms with Crippen molar-refractivity contribution in [2.45, 2.75) is 6.92 Å². The van der Waals surface area contributed by atoms with Gasteiger partial charge in [-0.1, -0.05) is 12.1 Å². The van der Waals surface area contributed by atoms with Gasteiger partial charge in [0, 0.05) is 17.7 Å². The highest BCUT2D eigenvalue weighted by atomic mass is 16.1. The molecule has 0 aliphatic carbocycles. The van der Waals surface area contributed by atoms with Crippen LogP contribution in [0.1, 0.15) is 22.8 Å². The van der Waals surface area contributed by atoms with Crippen LogP contribution in [0, 0.1) is 5.41 Å². The summed E-state index contributed by atoms with van der Waals surface area (Å²) in [5, 5.41) is 9.90. The molecule has 0 aliphatic heterocycles. The van der Waals surface area contributed by atoms with Gasteiger partial charge in [0.05, 0.1) is 0 Å². The fourth-order valence-corrected chi connectivity index (χ4v) is 1.09. The van der Waals surface area contributed by atoms with Crippen LogP contribution in [0.3, 0.4) is 0 Å². The summed E-state index contributed by atoms with van der Waals surface area (Å²) in [7, 11) is 0. The van der Waals surface area contributed by atoms with Crippen LogP contribution in [0.15, 0.2) is 24.3 Å². The first-order chi connectivity index (χ1) is 6.65. The number of carbonyl (C=O) groups excluding carboxylic acids is 1. The number of carbonyl (C=O) groups is 1. The molecule has 4 heteroatoms. The van der Waals surface area contributed by atoms with Crippen molar-refractivity contribution in [1.82, 2.24) is 5.32 Å². The molecule has 0 spiro atoms. The Bertz CT molecular complexity index is 360. The third-order valence-electron chi connectivity index (χ3n) is 1.77. The molecule has 74 valence electrons. The van der Waals surface area contributed by atoms with Crippen molar-refractivity contribution in [3.05, 3.63) is 35.4 Å². The van der Waals surface area contributed by atoms with Crippen molar-refractivity contribution >= 4 is 11.7 Å². The molecule has 0 aliphatic rings. The predicted molar refractivity (Wildman–Crippen MR) is 55.5 cm³/mol. The summed E-state index contributed by atoms with van der Waals surface area (Å²) >= 11 is 0. The van der Waals surface area contributed by atoms with Gasteiger partial charge in [0.25, 0.3) is 5.91 Å². The molecule has 1 aromatic carbocycles. The fourth-order valence-electron chi connectivity index (χ4n) is 1.09. The predicted octanol–water partition coefficient (Wildman–Crippen LogP) is 0.720. The molecular weight excluding hydrogens is 178 g/mol. The molecule has 1 rings (SSSR count). The number of amidine groups is 1. The molecule has 4 N–H and O–H groups in total. The van der Waals surface area contributed by atoms with Crippen molar-refractivity contribution in [3.63, 3.8) is 0 Å². The zero-order valence-corrected chi connectivity index (χ0v) is 8.00. The highest BCUT2D eigenvalue weighted by Crippen LogP contribution is 2.04. The molecular formula is C10H13N3O. The lowest BCUT2D eigenvalue weighted by Gasteiger charge is -2.03. The number of rotatable bonds is 3. The van der Waals surface area contributed by atoms with Gasteiger partial charge in [-0.15, -0.1) is 0 Å². The Hall–Kier alpha value is -1.84. The molecule has 14 heavy (non-hydrogen) atoms. The topological polar surface area (TPSA) is 79.0 Å². The highest BCUT2D eigenvalue weighted by Gasteiger charge is 2.05. The van der Waals surface area contributed by atoms with E-state index in [1.807, 2.05) is 6.92 Å². The zero-order chi connectivity index (χ0) is 10.6. The minimum atomic E-state index is -0.143. The third-order valence-corrected chi connectivity index (χ3v) is 1.77. The molecule has 0 unspecified atom stereocenters. The number of nitrogens with two attached hydrogens (primary N) is 1. The van der Waals surface area contributed by atoms with Gasteiger partial charge in [0.2, 0.25) is 0 Å². The van der Waals surface area contributed by atoms with E-state index in [2.05, 4.69) is 5.32 Å². The molecule has 0 fully saturated rings. The van der Waals surface area contributed by atoms with Crippen LogP contribution in [0.4, 0.5) is 0 Å². The largest absolute Gasteiger partial charge is 0.384 e. The van der Waals surface area contributed by atoms with E-state index in [4.69, 9.17) is 11.1 Å². The first kappa shape index (κ1) is 10.2. The van der Waals surface area contributed by atoms with Gasteiger partial charge in [-0.25, -0.2) is 0 Å². The summed E-state index contributed by atoms with van der Waals surface area (Å²) in [6.07, 6.45) is 0. The molecule has 0 saturated carbocycles. The Kier molecular flexibility index (Phi) is 3.23. The molecule has 0 radical (unpaired) electrons. The number of nitrogen functional groups attached to an aromatic ring is 1. The molecule has 0 saturated heterocycles. The minimum Gasteiger partial charge on any atom is -0.384 e. The van der Waals surface area contributed by atoms with Gasteiger partial charge in [-0.2, -0.15) is 0 Å². The average Bonchev–Trinajstić information content (AvgIpc) is 2.18. The van der Waals surface area contributed by atoms with Crippen LogP contribution in [-0.2, 0) is 0 Å². The summed E-state index contributed by atoms with van der Waals surface area (Å²) < 4.78 is 0. The van der Waals surface area contributed by atoms with Crippen LogP contribution in [-0.4, -0.2) is 18.3 Å². The van der Waals surface area contributed by atoms with E-state index >= 15 is 0 Å². The van der Waals surface area contributed by atoms with Gasteiger partial charge in [0.1, 0.15) is 5.84 Å². The molecule has 1 aromatic rings. The van der Waals surface area contributed by atoms with Crippen molar-refractivity contribution in [2.75, 3.05) is 6.54 Å². The Balaban J connectivity index is 2.93. The summed E-state index contributed by atoms with van der Waals surface area (Å²) in [4.78, 5) is 11.4. The molecule has 0 atom stereocenters. The smallest absolute Gasteiger partial charge is 0.251 e. The molecule has 0 bridgehead atoms. The normalized spacial score (nSPS) is 9.50. The average molecular weight is 191 g/mol. The fraction of sp³-hybridized carbons (Fsp3) is 0.200. The van der Waals surface area contributed by atoms with Crippen LogP contribution in [0.25, 0.3) is 0 Å². The van der Waals surface area contributed by atoms with Crippen LogP contribution in [0.5, 0.6) is 0 Å². The van der Waals surface area contributed by atoms with Crippen molar-refractivity contribution in [1.29, 1.82) is 5.41 Å². The van der Waals surface area contributed by atoms with E-state index < -0.39 is 0 Å². The first-order valence-corrected chi connectivity index (χ1v) is 4.37. The number of hydrogen-bond acceptors (Lipinski definition) is 2. The first-order valence-electron chi connectivity index (χ1n) is 4.37. The second kappa shape index (κ2) is 4.41. The maximum Gasteiger partial charge on any atom is 0.251 e. The lowest BCUT2D eigenvalue weighted by atomic mass is 10.1. The SMILES string of the molecule is CCNC(=O)c1cccc(C(=N)N)c1. The second-order valence-electron chi connectivity index (χ2n) is 2.85. The molecule has 1 amide bonds. The Labute approximate surface area is 82.6 Å². The lowest BCUT2D eigenvalue weighted by molar-refractivity contribution is 0.0956. The standard InChI is InChI=1S/C10H13N3O/c1-2-13-10(14)8-5-3-4-7(6-8)9(11)12/h3-6H,2H2,1H3,(H3,11,12)(H,13,14). The summed E-state index contributed by atoms with van der Waals surface area (Å²) in [6.45, 7) is 2.44. The quantitative estimate of drug-likeness (QED) is 0.486. The summed E-state index contributed by atoms with van der Waals surface area (Å²) in [6, 6.07) is 6.71. The van der Waals surface area contributed by atoms with Crippen LogP contribution >= 0.6 is 0 Å². The Morgan fingerprint density at radius 1 is 1.50 bits per heavy atom. The van der Waals surface area contributed by atoms with Gasteiger partial charge >= 0.3 is 0 Å². The maximum atomic E-state index is 11.4. The monoisotopic (exact) mass is 191 g/mol. The van der Waals surface area contributed by atoms with Crippen LogP contribution in [0.2, 0.25) is 0 Å². The minimum absolute atomic E-state index is 0.0313. The van der Waals surface area contributed by atoms with E-state index in [0.717, 1.165) is 0 Å². The van der Waals surface area contributed by atoms with E-state index in [9.17, 15) is 4.79 Å². The van der Waals surface area contributed by atoms with Gasteiger partial charge in [-0.3, -0.25) is 10.2 Å². The number of hydrogen-bond donors (Lipinski definition) is 3. The van der Waals surface area contributed by atoms with E-state index in [-0.39, 0.29) is 11.7 Å². The van der Waals surface area contributed by atoms with Crippen molar-refractivity contribution in [3.8, 4) is 0 Å². The highest BCUT2D eigenvalue weighted by molar-refractivity contribution is 5.99. The lowest BCUT2D eigenvalue weighted by Crippen LogP contribution is -2.23. The molecule has 0 heterocycles. The maximum absolute atomic E-state index is 11.4. The van der Waals surface area contributed by atoms with Gasteiger partial charge in [0.15, 0.2) is 0 Å². The molecule has 0 aromatic heterocycles. The van der Waals surface area contributed by atoms with Crippen molar-refractivity contribution < 1.29 is 4.79 Å². The van der Waals surface area contributed by atoms with Crippen molar-refractivity contribution in [2.24, 2.45) is 5.73 Å². The number of benzene rings is 1. The number of nitrogens with one attached hydrogen (secondary N) is 2. The third kappa shape index (κ3) is 2.32. The van der Waals surface area contributed by atoms with Gasteiger partial charge < -0.3 is 11.1 Å². The summed E-state index contributed by atoms with van der Waals surface area (Å²) in [5.74, 6) is -0.174. The van der Waals surface area contributed by atoms with E-state index in [0.29, 0.717) is 17.7 Å². The zero-order valence-electron chi connectivity index (χ0n) is 8.00. The van der Waals surface area contributed by atoms with E-state index in [1.165, 1.54) is 0 Å². The second-order valence-corrected chi connectivity index (χ2v) is 2.85. The Morgan fingerprint density at radius 2 is 2.14 bits per heavy atom. The van der Waals surface area contributed by atoms with Crippen LogP contribution < -0.4 is 11.1 Å². The number of amides is 1. The van der Waals surface area contributed by atoms with E-state index in [1.54, 1.807) is 24.3 Å². The summed E-state index contributed by atoms with van der Waals surface area (Å²) in [5.41, 5.74) is 6.40. The Morgan fingerprint density at radius 3 is 2.71 bits per heavy atom. The van der Waals surface area contributed by atoms with Gasteiger partial charge in [-0.05, 0) is 19.1 Å².